The zero-order valence-corrected chi connectivity index (χ0v) is 23.8. The van der Waals surface area contributed by atoms with Gasteiger partial charge in [-0.25, -0.2) is 0 Å². The standard InChI is InChI=1S/C32H27N2O4S2/c1-3-33-23-9-5-7-11-25(23)38-29(33)16-21-31(35)22(17-30-34(4-2)24-10-6-8-12-28(24)40-30)32(21)39-18-20-13-14-26-27(15-20)37-19-36-26/h5-17H,3-4,18-19H2,1-2H3/q+1. The number of para-hydroxylation sites is 3. The minimum absolute atomic E-state index is 0.0383. The first kappa shape index (κ1) is 25.0. The Hall–Kier alpha value is -4.01. The van der Waals surface area contributed by atoms with Crippen molar-refractivity contribution in [2.24, 2.45) is 0 Å². The third kappa shape index (κ3) is 4.19. The lowest BCUT2D eigenvalue weighted by Gasteiger charge is -2.24. The quantitative estimate of drug-likeness (QED) is 0.180. The van der Waals surface area contributed by atoms with E-state index in [9.17, 15) is 4.79 Å². The summed E-state index contributed by atoms with van der Waals surface area (Å²) in [6.45, 7) is 6.04. The Labute approximate surface area is 240 Å². The Balaban J connectivity index is 1.28. The Morgan fingerprint density at radius 3 is 2.67 bits per heavy atom. The van der Waals surface area contributed by atoms with Crippen LogP contribution in [0.1, 0.15) is 24.4 Å². The monoisotopic (exact) mass is 567 g/mol. The van der Waals surface area contributed by atoms with E-state index in [1.807, 2.05) is 42.5 Å². The number of ketones is 1. The molecule has 1 aliphatic carbocycles. The molecule has 0 amide bonds. The van der Waals surface area contributed by atoms with Crippen LogP contribution in [0.5, 0.6) is 17.2 Å². The Morgan fingerprint density at radius 2 is 1.80 bits per heavy atom. The van der Waals surface area contributed by atoms with E-state index in [1.54, 1.807) is 23.1 Å². The van der Waals surface area contributed by atoms with Crippen LogP contribution in [0.2, 0.25) is 0 Å². The topological polar surface area (TPSA) is 51.9 Å². The molecule has 3 aliphatic rings. The molecule has 0 bridgehead atoms. The van der Waals surface area contributed by atoms with Gasteiger partial charge in [0.1, 0.15) is 11.2 Å². The molecule has 40 heavy (non-hydrogen) atoms. The number of carbonyl (C=O) groups is 1. The van der Waals surface area contributed by atoms with Gasteiger partial charge in [-0.1, -0.05) is 41.7 Å². The molecule has 8 heteroatoms. The van der Waals surface area contributed by atoms with Gasteiger partial charge in [-0.3, -0.25) is 4.79 Å². The first-order chi connectivity index (χ1) is 19.6. The van der Waals surface area contributed by atoms with Gasteiger partial charge in [-0.05, 0) is 49.7 Å². The fraction of sp³-hybridized carbons (Fsp3) is 0.188. The van der Waals surface area contributed by atoms with Crippen molar-refractivity contribution in [2.75, 3.05) is 18.2 Å². The number of Topliss-reactive ketones (excluding diaryl/α,β-unsaturated/α-hetero) is 1. The van der Waals surface area contributed by atoms with E-state index in [2.05, 4.69) is 59.7 Å². The molecule has 6 nitrogen and oxygen atoms in total. The second-order valence-corrected chi connectivity index (χ2v) is 11.6. The van der Waals surface area contributed by atoms with Crippen LogP contribution in [0.15, 0.2) is 94.7 Å². The van der Waals surface area contributed by atoms with Gasteiger partial charge >= 0.3 is 0 Å². The SMILES string of the molecule is CCN1/C(=C\C2=C(SCc3ccc4c(c3)OCO4)C(=C\c3sc4ccccc4[n+]3CC)/C2=O)Oc2ccccc21. The summed E-state index contributed by atoms with van der Waals surface area (Å²) in [6.07, 6.45) is 3.96. The Morgan fingerprint density at radius 1 is 0.975 bits per heavy atom. The lowest BCUT2D eigenvalue weighted by atomic mass is 9.89. The highest BCUT2D eigenvalue weighted by Crippen LogP contribution is 2.46. The van der Waals surface area contributed by atoms with Gasteiger partial charge in [0.15, 0.2) is 23.0 Å². The molecular weight excluding hydrogens is 540 g/mol. The van der Waals surface area contributed by atoms with Crippen LogP contribution in [0, 0.1) is 0 Å². The predicted molar refractivity (Wildman–Crippen MR) is 160 cm³/mol. The maximum absolute atomic E-state index is 13.7. The number of thiazole rings is 1. The number of hydrogen-bond acceptors (Lipinski definition) is 7. The first-order valence-corrected chi connectivity index (χ1v) is 15.1. The van der Waals surface area contributed by atoms with E-state index in [-0.39, 0.29) is 12.6 Å². The van der Waals surface area contributed by atoms with Gasteiger partial charge in [0, 0.05) is 46.6 Å². The van der Waals surface area contributed by atoms with Crippen LogP contribution < -0.4 is 23.7 Å². The Bertz CT molecular complexity index is 1770. The Kier molecular flexibility index (Phi) is 6.37. The van der Waals surface area contributed by atoms with Gasteiger partial charge in [-0.2, -0.15) is 4.57 Å². The number of ether oxygens (including phenoxy) is 3. The molecule has 0 unspecified atom stereocenters. The first-order valence-electron chi connectivity index (χ1n) is 13.3. The van der Waals surface area contributed by atoms with Crippen molar-refractivity contribution in [3.05, 3.63) is 105 Å². The van der Waals surface area contributed by atoms with Crippen molar-refractivity contribution in [2.45, 2.75) is 26.1 Å². The summed E-state index contributed by atoms with van der Waals surface area (Å²) in [4.78, 5) is 16.8. The molecule has 0 radical (unpaired) electrons. The van der Waals surface area contributed by atoms with Crippen molar-refractivity contribution in [3.63, 3.8) is 0 Å². The number of carbonyl (C=O) groups excluding carboxylic acids is 1. The van der Waals surface area contributed by atoms with Gasteiger partial charge < -0.3 is 19.1 Å². The summed E-state index contributed by atoms with van der Waals surface area (Å²) in [5.74, 6) is 3.75. The number of hydrogen-bond donors (Lipinski definition) is 0. The number of aromatic nitrogens is 1. The minimum atomic E-state index is 0.0383. The summed E-state index contributed by atoms with van der Waals surface area (Å²) < 4.78 is 20.7. The van der Waals surface area contributed by atoms with Crippen LogP contribution in [-0.4, -0.2) is 19.1 Å². The molecule has 0 spiro atoms. The lowest BCUT2D eigenvalue weighted by Crippen LogP contribution is -2.34. The summed E-state index contributed by atoms with van der Waals surface area (Å²) in [5, 5.41) is 1.07. The largest absolute Gasteiger partial charge is 0.454 e. The molecule has 0 saturated carbocycles. The molecule has 0 fully saturated rings. The third-order valence-electron chi connectivity index (χ3n) is 7.24. The highest BCUT2D eigenvalue weighted by molar-refractivity contribution is 8.02. The van der Waals surface area contributed by atoms with Gasteiger partial charge in [-0.15, -0.1) is 11.8 Å². The molecule has 3 heterocycles. The lowest BCUT2D eigenvalue weighted by molar-refractivity contribution is -0.665. The summed E-state index contributed by atoms with van der Waals surface area (Å²) in [5.41, 5.74) is 4.73. The number of aryl methyl sites for hydroxylation is 1. The number of thioether (sulfide) groups is 1. The second kappa shape index (κ2) is 10.2. The maximum atomic E-state index is 13.7. The highest BCUT2D eigenvalue weighted by Gasteiger charge is 2.36. The van der Waals surface area contributed by atoms with Crippen molar-refractivity contribution >= 4 is 50.9 Å². The van der Waals surface area contributed by atoms with Crippen LogP contribution in [0.25, 0.3) is 16.3 Å². The van der Waals surface area contributed by atoms with Gasteiger partial charge in [0.2, 0.25) is 18.2 Å². The summed E-state index contributed by atoms with van der Waals surface area (Å²) in [7, 11) is 0. The molecule has 4 aromatic rings. The maximum Gasteiger partial charge on any atom is 0.263 e. The van der Waals surface area contributed by atoms with Crippen molar-refractivity contribution in [1.29, 1.82) is 0 Å². The third-order valence-corrected chi connectivity index (χ3v) is 9.56. The van der Waals surface area contributed by atoms with E-state index in [4.69, 9.17) is 14.2 Å². The number of nitrogens with zero attached hydrogens (tertiary/aromatic N) is 2. The molecule has 1 aromatic heterocycles. The van der Waals surface area contributed by atoms with E-state index in [1.165, 1.54) is 10.2 Å². The van der Waals surface area contributed by atoms with Crippen LogP contribution in [0.3, 0.4) is 0 Å². The summed E-state index contributed by atoms with van der Waals surface area (Å²) in [6, 6.07) is 22.4. The van der Waals surface area contributed by atoms with Gasteiger partial charge in [0.25, 0.3) is 5.01 Å². The van der Waals surface area contributed by atoms with Crippen LogP contribution in [-0.2, 0) is 17.1 Å². The molecule has 3 aromatic carbocycles. The van der Waals surface area contributed by atoms with Crippen molar-refractivity contribution in [1.82, 2.24) is 0 Å². The number of rotatable bonds is 7. The summed E-state index contributed by atoms with van der Waals surface area (Å²) >= 11 is 3.38. The molecular formula is C32H27N2O4S2+. The number of benzene rings is 3. The van der Waals surface area contributed by atoms with Crippen molar-refractivity contribution < 1.29 is 23.6 Å². The van der Waals surface area contributed by atoms with E-state index in [0.717, 1.165) is 57.1 Å². The van der Waals surface area contributed by atoms with Crippen LogP contribution >= 0.6 is 23.1 Å². The molecule has 7 rings (SSSR count). The fourth-order valence-corrected chi connectivity index (χ4v) is 7.53. The fourth-order valence-electron chi connectivity index (χ4n) is 5.26. The predicted octanol–water partition coefficient (Wildman–Crippen LogP) is 6.85. The van der Waals surface area contributed by atoms with Gasteiger partial charge in [0.05, 0.1) is 5.69 Å². The van der Waals surface area contributed by atoms with Crippen LogP contribution in [0.4, 0.5) is 5.69 Å². The average Bonchev–Trinajstić information content (AvgIpc) is 3.69. The molecule has 0 atom stereocenters. The number of allylic oxidation sites excluding steroid dienone is 3. The molecule has 0 saturated heterocycles. The number of anilines is 1. The zero-order valence-electron chi connectivity index (χ0n) is 22.2. The molecule has 0 N–H and O–H groups in total. The van der Waals surface area contributed by atoms with E-state index >= 15 is 0 Å². The van der Waals surface area contributed by atoms with E-state index < -0.39 is 0 Å². The highest BCUT2D eigenvalue weighted by atomic mass is 32.2. The normalized spacial score (nSPS) is 17.6. The smallest absolute Gasteiger partial charge is 0.263 e. The van der Waals surface area contributed by atoms with Crippen molar-refractivity contribution in [3.8, 4) is 17.2 Å². The van der Waals surface area contributed by atoms with E-state index in [0.29, 0.717) is 17.2 Å². The molecule has 2 aliphatic heterocycles. The zero-order chi connectivity index (χ0) is 27.2. The second-order valence-electron chi connectivity index (χ2n) is 9.56. The number of fused-ring (bicyclic) bond motifs is 3. The molecule has 200 valence electrons. The minimum Gasteiger partial charge on any atom is -0.454 e. The average molecular weight is 568 g/mol.